The third kappa shape index (κ3) is 2.40. The van der Waals surface area contributed by atoms with E-state index in [1.807, 2.05) is 0 Å². The Morgan fingerprint density at radius 1 is 1.58 bits per heavy atom. The highest BCUT2D eigenvalue weighted by atomic mass is 32.1. The zero-order valence-electron chi connectivity index (χ0n) is 6.19. The Labute approximate surface area is 74.6 Å². The normalized spacial score (nSPS) is 9.42. The van der Waals surface area contributed by atoms with E-state index < -0.39 is 0 Å². The minimum Gasteiger partial charge on any atom is -0.390 e. The summed E-state index contributed by atoms with van der Waals surface area (Å²) in [6.45, 7) is -0.125. The van der Waals surface area contributed by atoms with Crippen LogP contribution < -0.4 is 11.1 Å². The fourth-order valence-electron chi connectivity index (χ4n) is 0.627. The van der Waals surface area contributed by atoms with Crippen molar-refractivity contribution in [2.45, 2.75) is 6.61 Å². The number of rotatable bonds is 2. The molecule has 0 amide bonds. The summed E-state index contributed by atoms with van der Waals surface area (Å²) in [4.78, 5) is 7.75. The van der Waals surface area contributed by atoms with Crippen LogP contribution in [0.4, 0.5) is 5.82 Å². The van der Waals surface area contributed by atoms with Gasteiger partial charge in [0.2, 0.25) is 0 Å². The topological polar surface area (TPSA) is 84.1 Å². The van der Waals surface area contributed by atoms with Crippen molar-refractivity contribution in [2.24, 2.45) is 5.73 Å². The second kappa shape index (κ2) is 3.93. The molecule has 0 fully saturated rings. The smallest absolute Gasteiger partial charge is 0.169 e. The fourth-order valence-corrected chi connectivity index (χ4v) is 0.732. The molecule has 0 aliphatic heterocycles. The Hall–Kier alpha value is -1.27. The van der Waals surface area contributed by atoms with Crippen molar-refractivity contribution < 1.29 is 5.11 Å². The van der Waals surface area contributed by atoms with Gasteiger partial charge in [-0.05, 0) is 12.2 Å². The van der Waals surface area contributed by atoms with Gasteiger partial charge in [-0.15, -0.1) is 0 Å². The van der Waals surface area contributed by atoms with E-state index in [1.165, 1.54) is 12.4 Å². The van der Waals surface area contributed by atoms with Gasteiger partial charge >= 0.3 is 0 Å². The average Bonchev–Trinajstić information content (AvgIpc) is 2.05. The minimum atomic E-state index is -0.125. The first kappa shape index (κ1) is 8.82. The molecule has 6 heteroatoms. The summed E-state index contributed by atoms with van der Waals surface area (Å²) < 4.78 is 0. The van der Waals surface area contributed by atoms with Gasteiger partial charge in [0.15, 0.2) is 10.9 Å². The molecule has 64 valence electrons. The molecular weight excluding hydrogens is 176 g/mol. The highest BCUT2D eigenvalue weighted by Gasteiger charge is 1.95. The monoisotopic (exact) mass is 184 g/mol. The molecule has 5 nitrogen and oxygen atoms in total. The van der Waals surface area contributed by atoms with Crippen molar-refractivity contribution in [1.29, 1.82) is 0 Å². The maximum atomic E-state index is 8.64. The lowest BCUT2D eigenvalue weighted by Crippen LogP contribution is -2.19. The van der Waals surface area contributed by atoms with E-state index in [9.17, 15) is 0 Å². The van der Waals surface area contributed by atoms with Gasteiger partial charge in [-0.1, -0.05) is 0 Å². The molecule has 0 saturated carbocycles. The standard InChI is InChI=1S/C6H8N4OS/c7-6(12)10-5-2-8-4(3-11)1-9-5/h1-2,11H,3H2,(H3,7,9,10,12). The van der Waals surface area contributed by atoms with Crippen LogP contribution in [0.15, 0.2) is 12.4 Å². The molecule has 1 aromatic rings. The van der Waals surface area contributed by atoms with Crippen LogP contribution in [-0.2, 0) is 6.61 Å². The lowest BCUT2D eigenvalue weighted by atomic mass is 10.5. The van der Waals surface area contributed by atoms with Crippen molar-refractivity contribution in [3.63, 3.8) is 0 Å². The maximum absolute atomic E-state index is 8.64. The maximum Gasteiger partial charge on any atom is 0.169 e. The van der Waals surface area contributed by atoms with Crippen molar-refractivity contribution in [3.8, 4) is 0 Å². The molecule has 1 aromatic heterocycles. The van der Waals surface area contributed by atoms with E-state index in [2.05, 4.69) is 27.5 Å². The summed E-state index contributed by atoms with van der Waals surface area (Å²) in [7, 11) is 0. The van der Waals surface area contributed by atoms with Crippen LogP contribution in [0.3, 0.4) is 0 Å². The highest BCUT2D eigenvalue weighted by Crippen LogP contribution is 1.99. The van der Waals surface area contributed by atoms with Gasteiger partial charge in [0.1, 0.15) is 0 Å². The zero-order chi connectivity index (χ0) is 8.97. The Bertz CT molecular complexity index is 273. The van der Waals surface area contributed by atoms with Crippen LogP contribution in [0.5, 0.6) is 0 Å². The number of nitrogens with one attached hydrogen (secondary N) is 1. The van der Waals surface area contributed by atoms with Crippen molar-refractivity contribution in [3.05, 3.63) is 18.1 Å². The average molecular weight is 184 g/mol. The molecule has 1 heterocycles. The van der Waals surface area contributed by atoms with E-state index >= 15 is 0 Å². The summed E-state index contributed by atoms with van der Waals surface area (Å²) in [6.07, 6.45) is 2.89. The first-order valence-corrected chi connectivity index (χ1v) is 3.61. The molecule has 12 heavy (non-hydrogen) atoms. The van der Waals surface area contributed by atoms with Crippen LogP contribution in [0.2, 0.25) is 0 Å². The number of anilines is 1. The van der Waals surface area contributed by atoms with E-state index in [0.717, 1.165) is 0 Å². The number of nitrogens with zero attached hydrogens (tertiary/aromatic N) is 2. The second-order valence-corrected chi connectivity index (χ2v) is 2.48. The molecule has 0 radical (unpaired) electrons. The molecule has 0 aromatic carbocycles. The predicted octanol–water partition coefficient (Wildman–Crippen LogP) is -0.376. The quantitative estimate of drug-likeness (QED) is 0.544. The first-order chi connectivity index (χ1) is 5.72. The number of nitrogens with two attached hydrogens (primary N) is 1. The lowest BCUT2D eigenvalue weighted by Gasteiger charge is -2.01. The number of aromatic nitrogens is 2. The third-order valence-corrected chi connectivity index (χ3v) is 1.22. The van der Waals surface area contributed by atoms with Gasteiger partial charge in [-0.3, -0.25) is 4.98 Å². The van der Waals surface area contributed by atoms with E-state index in [0.29, 0.717) is 11.5 Å². The van der Waals surface area contributed by atoms with Gasteiger partial charge in [0.25, 0.3) is 0 Å². The summed E-state index contributed by atoms with van der Waals surface area (Å²) in [6, 6.07) is 0. The predicted molar refractivity (Wildman–Crippen MR) is 48.4 cm³/mol. The summed E-state index contributed by atoms with van der Waals surface area (Å²) >= 11 is 4.59. The molecular formula is C6H8N4OS. The molecule has 0 atom stereocenters. The van der Waals surface area contributed by atoms with Gasteiger partial charge in [-0.25, -0.2) is 4.98 Å². The fraction of sp³-hybridized carbons (Fsp3) is 0.167. The number of aliphatic hydroxyl groups excluding tert-OH is 1. The molecule has 1 rings (SSSR count). The van der Waals surface area contributed by atoms with Crippen LogP contribution in [0, 0.1) is 0 Å². The molecule has 0 spiro atoms. The molecule has 0 aliphatic carbocycles. The number of thiocarbonyl (C=S) groups is 1. The summed E-state index contributed by atoms with van der Waals surface area (Å²) in [5, 5.41) is 11.4. The summed E-state index contributed by atoms with van der Waals surface area (Å²) in [5.41, 5.74) is 5.70. The van der Waals surface area contributed by atoms with Gasteiger partial charge < -0.3 is 16.2 Å². The van der Waals surface area contributed by atoms with Gasteiger partial charge in [0, 0.05) is 0 Å². The second-order valence-electron chi connectivity index (χ2n) is 2.04. The van der Waals surface area contributed by atoms with Crippen LogP contribution in [0.1, 0.15) is 5.69 Å². The minimum absolute atomic E-state index is 0.125. The number of hydrogen-bond acceptors (Lipinski definition) is 4. The molecule has 0 bridgehead atoms. The van der Waals surface area contributed by atoms with Crippen LogP contribution in [0.25, 0.3) is 0 Å². The molecule has 0 saturated heterocycles. The Kier molecular flexibility index (Phi) is 2.89. The Balaban J connectivity index is 2.71. The van der Waals surface area contributed by atoms with Gasteiger partial charge in [0.05, 0.1) is 24.7 Å². The van der Waals surface area contributed by atoms with Crippen molar-refractivity contribution in [2.75, 3.05) is 5.32 Å². The highest BCUT2D eigenvalue weighted by molar-refractivity contribution is 7.80. The summed E-state index contributed by atoms with van der Waals surface area (Å²) in [5.74, 6) is 0.472. The number of hydrogen-bond donors (Lipinski definition) is 3. The zero-order valence-corrected chi connectivity index (χ0v) is 7.01. The van der Waals surface area contributed by atoms with Crippen LogP contribution >= 0.6 is 12.2 Å². The van der Waals surface area contributed by atoms with Crippen molar-refractivity contribution >= 4 is 23.1 Å². The van der Waals surface area contributed by atoms with E-state index in [1.54, 1.807) is 0 Å². The molecule has 0 aliphatic rings. The number of aliphatic hydroxyl groups is 1. The largest absolute Gasteiger partial charge is 0.390 e. The van der Waals surface area contributed by atoms with Gasteiger partial charge in [-0.2, -0.15) is 0 Å². The van der Waals surface area contributed by atoms with E-state index in [4.69, 9.17) is 10.8 Å². The molecule has 0 unspecified atom stereocenters. The first-order valence-electron chi connectivity index (χ1n) is 3.20. The Morgan fingerprint density at radius 2 is 2.33 bits per heavy atom. The molecule has 4 N–H and O–H groups in total. The Morgan fingerprint density at radius 3 is 2.75 bits per heavy atom. The SMILES string of the molecule is NC(=S)Nc1cnc(CO)cn1. The van der Waals surface area contributed by atoms with Crippen LogP contribution in [-0.4, -0.2) is 20.2 Å². The van der Waals surface area contributed by atoms with E-state index in [-0.39, 0.29) is 11.7 Å². The third-order valence-electron chi connectivity index (χ3n) is 1.12. The van der Waals surface area contributed by atoms with Crippen molar-refractivity contribution in [1.82, 2.24) is 9.97 Å². The lowest BCUT2D eigenvalue weighted by molar-refractivity contribution is 0.276.